The number of allylic oxidation sites excluding steroid dienone is 1. The first-order chi connectivity index (χ1) is 14.6. The number of para-hydroxylation sites is 1. The predicted octanol–water partition coefficient (Wildman–Crippen LogP) is 4.84. The van der Waals surface area contributed by atoms with Crippen LogP contribution in [0.15, 0.2) is 79.5 Å². The van der Waals surface area contributed by atoms with Crippen LogP contribution in [-0.2, 0) is 11.2 Å². The molecule has 0 aliphatic carbocycles. The Morgan fingerprint density at radius 2 is 1.70 bits per heavy atom. The van der Waals surface area contributed by atoms with Gasteiger partial charge in [0.15, 0.2) is 0 Å². The first-order valence-electron chi connectivity index (χ1n) is 9.40. The van der Waals surface area contributed by atoms with E-state index >= 15 is 0 Å². The highest BCUT2D eigenvalue weighted by Gasteiger charge is 2.16. The van der Waals surface area contributed by atoms with Gasteiger partial charge in [-0.1, -0.05) is 43.5 Å². The van der Waals surface area contributed by atoms with Crippen molar-refractivity contribution in [3.8, 4) is 17.6 Å². The van der Waals surface area contributed by atoms with E-state index in [1.165, 1.54) is 6.92 Å². The largest absolute Gasteiger partial charge is 0.487 e. The van der Waals surface area contributed by atoms with Gasteiger partial charge >= 0.3 is 0 Å². The van der Waals surface area contributed by atoms with Gasteiger partial charge in [0.25, 0.3) is 0 Å². The highest BCUT2D eigenvalue weighted by Crippen LogP contribution is 2.37. The van der Waals surface area contributed by atoms with E-state index in [1.54, 1.807) is 30.5 Å². The number of hydrogen-bond donors (Lipinski definition) is 2. The van der Waals surface area contributed by atoms with Crippen LogP contribution in [-0.4, -0.2) is 19.1 Å². The smallest absolute Gasteiger partial charge is 0.221 e. The Hall–Kier alpha value is -3.98. The summed E-state index contributed by atoms with van der Waals surface area (Å²) in [6.45, 7) is 9.24. The van der Waals surface area contributed by atoms with E-state index in [9.17, 15) is 10.1 Å². The summed E-state index contributed by atoms with van der Waals surface area (Å²) < 4.78 is 11.5. The van der Waals surface area contributed by atoms with Gasteiger partial charge in [0.2, 0.25) is 5.91 Å². The summed E-state index contributed by atoms with van der Waals surface area (Å²) in [6.07, 6.45) is 5.24. The number of hydrogen-bond acceptors (Lipinski definition) is 5. The zero-order valence-corrected chi connectivity index (χ0v) is 17.0. The number of anilines is 2. The van der Waals surface area contributed by atoms with E-state index in [4.69, 9.17) is 9.47 Å². The van der Waals surface area contributed by atoms with Gasteiger partial charge in [0.05, 0.1) is 6.07 Å². The molecule has 0 aliphatic rings. The van der Waals surface area contributed by atoms with E-state index in [1.807, 2.05) is 30.3 Å². The van der Waals surface area contributed by atoms with Crippen LogP contribution < -0.4 is 20.1 Å². The number of amides is 1. The normalized spacial score (nSPS) is 10.5. The van der Waals surface area contributed by atoms with Crippen LogP contribution in [0.4, 0.5) is 11.4 Å². The maximum absolute atomic E-state index is 11.7. The zero-order valence-electron chi connectivity index (χ0n) is 17.0. The van der Waals surface area contributed by atoms with Crippen molar-refractivity contribution in [3.05, 3.63) is 85.1 Å². The monoisotopic (exact) mass is 403 g/mol. The second-order valence-electron chi connectivity index (χ2n) is 6.32. The number of rotatable bonds is 11. The molecule has 1 amide bonds. The maximum atomic E-state index is 11.7. The number of nitrogens with one attached hydrogen (secondary N) is 2. The fraction of sp³-hybridized carbons (Fsp3) is 0.167. The quantitative estimate of drug-likeness (QED) is 0.414. The van der Waals surface area contributed by atoms with Crippen LogP contribution in [0.3, 0.4) is 0 Å². The zero-order chi connectivity index (χ0) is 21.8. The molecule has 2 N–H and O–H groups in total. The lowest BCUT2D eigenvalue weighted by Gasteiger charge is -2.17. The standard InChI is InChI=1S/C24H25N3O3/c1-4-11-29-22-14-19(15-23(30-12-5-2)24(22)27-18(3)28)13-20(16-25)17-26-21-9-7-6-8-10-21/h4-10,14-15,17,26H,1-2,11-13H2,3H3,(H,27,28)/b20-17-. The van der Waals surface area contributed by atoms with Gasteiger partial charge in [-0.15, -0.1) is 0 Å². The van der Waals surface area contributed by atoms with Crippen molar-refractivity contribution < 1.29 is 14.3 Å². The summed E-state index contributed by atoms with van der Waals surface area (Å²) in [5.74, 6) is 0.629. The molecule has 2 rings (SSSR count). The Kier molecular flexibility index (Phi) is 8.75. The molecular formula is C24H25N3O3. The van der Waals surface area contributed by atoms with Crippen LogP contribution in [0.1, 0.15) is 12.5 Å². The molecule has 6 heteroatoms. The van der Waals surface area contributed by atoms with Crippen molar-refractivity contribution in [2.45, 2.75) is 13.3 Å². The van der Waals surface area contributed by atoms with Crippen LogP contribution in [0, 0.1) is 11.3 Å². The van der Waals surface area contributed by atoms with Crippen molar-refractivity contribution in [2.75, 3.05) is 23.8 Å². The minimum Gasteiger partial charge on any atom is -0.487 e. The number of nitriles is 1. The lowest BCUT2D eigenvalue weighted by atomic mass is 10.0. The summed E-state index contributed by atoms with van der Waals surface area (Å²) in [5, 5.41) is 15.4. The molecule has 0 heterocycles. The van der Waals surface area contributed by atoms with E-state index < -0.39 is 0 Å². The first kappa shape index (κ1) is 22.3. The van der Waals surface area contributed by atoms with Crippen LogP contribution in [0.2, 0.25) is 0 Å². The third-order valence-corrected chi connectivity index (χ3v) is 3.87. The number of carbonyl (C=O) groups is 1. The van der Waals surface area contributed by atoms with Crippen molar-refractivity contribution in [3.63, 3.8) is 0 Å². The third-order valence-electron chi connectivity index (χ3n) is 3.87. The molecule has 0 saturated heterocycles. The van der Waals surface area contributed by atoms with Gasteiger partial charge in [-0.2, -0.15) is 5.26 Å². The molecule has 0 bridgehead atoms. The molecule has 0 fully saturated rings. The van der Waals surface area contributed by atoms with Gasteiger partial charge in [0, 0.05) is 30.8 Å². The van der Waals surface area contributed by atoms with E-state index in [0.29, 0.717) is 29.2 Å². The van der Waals surface area contributed by atoms with E-state index in [2.05, 4.69) is 29.9 Å². The molecule has 6 nitrogen and oxygen atoms in total. The van der Waals surface area contributed by atoms with Crippen molar-refractivity contribution in [1.29, 1.82) is 5.26 Å². The Labute approximate surface area is 177 Å². The predicted molar refractivity (Wildman–Crippen MR) is 120 cm³/mol. The number of ether oxygens (including phenoxy) is 2. The molecule has 0 saturated carbocycles. The molecule has 0 unspecified atom stereocenters. The Bertz CT molecular complexity index is 926. The highest BCUT2D eigenvalue weighted by atomic mass is 16.5. The number of carbonyl (C=O) groups excluding carboxylic acids is 1. The molecule has 0 radical (unpaired) electrons. The molecule has 0 aromatic heterocycles. The molecule has 154 valence electrons. The van der Waals surface area contributed by atoms with Gasteiger partial charge in [-0.3, -0.25) is 4.79 Å². The maximum Gasteiger partial charge on any atom is 0.221 e. The minimum absolute atomic E-state index is 0.251. The number of nitrogens with zero attached hydrogens (tertiary/aromatic N) is 1. The van der Waals surface area contributed by atoms with Gasteiger partial charge < -0.3 is 20.1 Å². The topological polar surface area (TPSA) is 83.4 Å². The average Bonchev–Trinajstić information content (AvgIpc) is 2.75. The van der Waals surface area contributed by atoms with E-state index in [-0.39, 0.29) is 19.1 Å². The summed E-state index contributed by atoms with van der Waals surface area (Å²) >= 11 is 0. The summed E-state index contributed by atoms with van der Waals surface area (Å²) in [6, 6.07) is 15.3. The van der Waals surface area contributed by atoms with Gasteiger partial charge in [-0.05, 0) is 29.8 Å². The van der Waals surface area contributed by atoms with Crippen molar-refractivity contribution >= 4 is 17.3 Å². The van der Waals surface area contributed by atoms with Gasteiger partial charge in [-0.25, -0.2) is 0 Å². The summed E-state index contributed by atoms with van der Waals surface area (Å²) in [5.41, 5.74) is 2.64. The minimum atomic E-state index is -0.251. The van der Waals surface area contributed by atoms with Crippen LogP contribution >= 0.6 is 0 Å². The molecule has 0 atom stereocenters. The SMILES string of the molecule is C=CCOc1cc(C/C(C#N)=C/Nc2ccccc2)cc(OCC=C)c1NC(C)=O. The fourth-order valence-corrected chi connectivity index (χ4v) is 2.62. The Morgan fingerprint density at radius 3 is 2.20 bits per heavy atom. The van der Waals surface area contributed by atoms with Crippen LogP contribution in [0.25, 0.3) is 0 Å². The highest BCUT2D eigenvalue weighted by molar-refractivity contribution is 5.92. The average molecular weight is 403 g/mol. The molecule has 2 aromatic rings. The Morgan fingerprint density at radius 1 is 1.10 bits per heavy atom. The molecule has 2 aromatic carbocycles. The van der Waals surface area contributed by atoms with Crippen molar-refractivity contribution in [2.24, 2.45) is 0 Å². The molecule has 0 aliphatic heterocycles. The molecular weight excluding hydrogens is 378 g/mol. The second kappa shape index (κ2) is 11.8. The lowest BCUT2D eigenvalue weighted by molar-refractivity contribution is -0.114. The first-order valence-corrected chi connectivity index (χ1v) is 9.40. The van der Waals surface area contributed by atoms with Crippen molar-refractivity contribution in [1.82, 2.24) is 0 Å². The van der Waals surface area contributed by atoms with E-state index in [0.717, 1.165) is 11.3 Å². The molecule has 0 spiro atoms. The van der Waals surface area contributed by atoms with Gasteiger partial charge in [0.1, 0.15) is 30.4 Å². The summed E-state index contributed by atoms with van der Waals surface area (Å²) in [7, 11) is 0. The molecule has 30 heavy (non-hydrogen) atoms. The number of benzene rings is 2. The third kappa shape index (κ3) is 6.88. The van der Waals surface area contributed by atoms with Crippen LogP contribution in [0.5, 0.6) is 11.5 Å². The lowest BCUT2D eigenvalue weighted by Crippen LogP contribution is -2.11. The Balaban J connectivity index is 2.36. The second-order valence-corrected chi connectivity index (χ2v) is 6.32. The summed E-state index contributed by atoms with van der Waals surface area (Å²) in [4.78, 5) is 11.7. The fourth-order valence-electron chi connectivity index (χ4n) is 2.62.